The van der Waals surface area contributed by atoms with Crippen molar-refractivity contribution in [3.8, 4) is 16.9 Å². The molecule has 2 aromatic heterocycles. The van der Waals surface area contributed by atoms with Crippen LogP contribution < -0.4 is 5.43 Å². The minimum absolute atomic E-state index is 0.230. The van der Waals surface area contributed by atoms with E-state index in [0.29, 0.717) is 5.56 Å². The fourth-order valence-corrected chi connectivity index (χ4v) is 3.65. The summed E-state index contributed by atoms with van der Waals surface area (Å²) in [6.45, 7) is 2.08. The van der Waals surface area contributed by atoms with Crippen molar-refractivity contribution in [2.75, 3.05) is 0 Å². The summed E-state index contributed by atoms with van der Waals surface area (Å²) in [5, 5.41) is 5.98. The summed E-state index contributed by atoms with van der Waals surface area (Å²) in [7, 11) is 0. The number of aryl methyl sites for hydroxylation is 1. The first-order valence-electron chi connectivity index (χ1n) is 8.93. The third-order valence-corrected chi connectivity index (χ3v) is 5.24. The summed E-state index contributed by atoms with van der Waals surface area (Å²) in [5.41, 5.74) is 7.56. The number of nitrogens with one attached hydrogen (secondary N) is 1. The lowest BCUT2D eigenvalue weighted by Crippen LogP contribution is -2.17. The first-order valence-corrected chi connectivity index (χ1v) is 9.81. The van der Waals surface area contributed by atoms with Gasteiger partial charge in [-0.05, 0) is 60.3 Å². The van der Waals surface area contributed by atoms with E-state index in [0.717, 1.165) is 27.5 Å². The molecule has 0 atom stereocenters. The fraction of sp³-hybridized carbons (Fsp3) is 0.0435. The van der Waals surface area contributed by atoms with E-state index >= 15 is 0 Å². The van der Waals surface area contributed by atoms with Gasteiger partial charge in [0.1, 0.15) is 0 Å². The molecule has 0 saturated carbocycles. The van der Waals surface area contributed by atoms with Gasteiger partial charge in [0.25, 0.3) is 5.91 Å². The van der Waals surface area contributed by atoms with Gasteiger partial charge in [-0.1, -0.05) is 36.4 Å². The van der Waals surface area contributed by atoms with E-state index in [1.807, 2.05) is 60.0 Å². The van der Waals surface area contributed by atoms with Crippen LogP contribution in [0.2, 0.25) is 0 Å². The molecule has 28 heavy (non-hydrogen) atoms. The molecule has 2 aromatic carbocycles. The number of carbonyl (C=O) groups excluding carboxylic acids is 1. The van der Waals surface area contributed by atoms with Crippen LogP contribution in [0.1, 0.15) is 20.9 Å². The Bertz CT molecular complexity index is 1090. The third-order valence-electron chi connectivity index (χ3n) is 4.43. The van der Waals surface area contributed by atoms with Crippen LogP contribution in [-0.4, -0.2) is 16.7 Å². The average Bonchev–Trinajstić information content (AvgIpc) is 3.38. The molecule has 0 radical (unpaired) electrons. The van der Waals surface area contributed by atoms with E-state index in [4.69, 9.17) is 0 Å². The third kappa shape index (κ3) is 3.80. The predicted octanol–water partition coefficient (Wildman–Crippen LogP) is 5.28. The van der Waals surface area contributed by atoms with Gasteiger partial charge >= 0.3 is 0 Å². The number of nitrogens with zero attached hydrogens (tertiary/aromatic N) is 2. The van der Waals surface area contributed by atoms with Gasteiger partial charge in [0.15, 0.2) is 0 Å². The molecule has 0 unspecified atom stereocenters. The van der Waals surface area contributed by atoms with Gasteiger partial charge in [0, 0.05) is 21.8 Å². The number of hydrogen-bond donors (Lipinski definition) is 1. The standard InChI is InChI=1S/C23H19N3OS/c1-17-9-14-22(18-6-3-2-4-7-18)26(17)20-12-10-19(11-13-20)23(27)25-24-16-21-8-5-15-28-21/h2-16H,1H3,(H,25,27)/b24-16+. The Kier molecular flexibility index (Phi) is 5.17. The van der Waals surface area contributed by atoms with Crippen molar-refractivity contribution in [2.24, 2.45) is 5.10 Å². The summed E-state index contributed by atoms with van der Waals surface area (Å²) in [6, 6.07) is 25.9. The zero-order chi connectivity index (χ0) is 19.3. The monoisotopic (exact) mass is 385 g/mol. The molecule has 1 N–H and O–H groups in total. The van der Waals surface area contributed by atoms with Gasteiger partial charge in [-0.15, -0.1) is 11.3 Å². The second-order valence-electron chi connectivity index (χ2n) is 6.32. The first-order chi connectivity index (χ1) is 13.7. The largest absolute Gasteiger partial charge is 0.314 e. The van der Waals surface area contributed by atoms with Crippen molar-refractivity contribution in [1.82, 2.24) is 9.99 Å². The van der Waals surface area contributed by atoms with Crippen molar-refractivity contribution < 1.29 is 4.79 Å². The van der Waals surface area contributed by atoms with Gasteiger partial charge in [0.2, 0.25) is 0 Å². The Hall–Kier alpha value is -3.44. The molecule has 0 aliphatic rings. The molecule has 0 aliphatic carbocycles. The van der Waals surface area contributed by atoms with E-state index in [9.17, 15) is 4.79 Å². The zero-order valence-electron chi connectivity index (χ0n) is 15.4. The maximum atomic E-state index is 12.3. The van der Waals surface area contributed by atoms with Crippen molar-refractivity contribution >= 4 is 23.5 Å². The molecule has 1 amide bonds. The number of benzene rings is 2. The van der Waals surface area contributed by atoms with Gasteiger partial charge in [-0.3, -0.25) is 4.79 Å². The summed E-state index contributed by atoms with van der Waals surface area (Å²) >= 11 is 1.57. The fourth-order valence-electron chi connectivity index (χ4n) is 3.06. The van der Waals surface area contributed by atoms with Crippen LogP contribution in [0.5, 0.6) is 0 Å². The number of carbonyl (C=O) groups is 1. The minimum atomic E-state index is -0.230. The van der Waals surface area contributed by atoms with Crippen molar-refractivity contribution in [3.63, 3.8) is 0 Å². The van der Waals surface area contributed by atoms with Crippen LogP contribution in [-0.2, 0) is 0 Å². The zero-order valence-corrected chi connectivity index (χ0v) is 16.2. The van der Waals surface area contributed by atoms with Crippen LogP contribution in [0.25, 0.3) is 16.9 Å². The normalized spacial score (nSPS) is 11.0. The smallest absolute Gasteiger partial charge is 0.271 e. The number of amides is 1. The van der Waals surface area contributed by atoms with Gasteiger partial charge in [-0.25, -0.2) is 5.43 Å². The summed E-state index contributed by atoms with van der Waals surface area (Å²) in [4.78, 5) is 13.3. The van der Waals surface area contributed by atoms with Crippen LogP contribution in [0.15, 0.2) is 89.3 Å². The molecule has 5 heteroatoms. The number of aromatic nitrogens is 1. The van der Waals surface area contributed by atoms with Crippen LogP contribution >= 0.6 is 11.3 Å². The van der Waals surface area contributed by atoms with Crippen molar-refractivity contribution in [3.05, 3.63) is 100 Å². The topological polar surface area (TPSA) is 46.4 Å². The highest BCUT2D eigenvalue weighted by molar-refractivity contribution is 7.11. The number of rotatable bonds is 5. The molecule has 4 aromatic rings. The Labute approximate surface area is 167 Å². The van der Waals surface area contributed by atoms with Gasteiger partial charge in [0.05, 0.1) is 11.9 Å². The molecule has 4 rings (SSSR count). The molecule has 0 aliphatic heterocycles. The summed E-state index contributed by atoms with van der Waals surface area (Å²) in [6.07, 6.45) is 1.65. The van der Waals surface area contributed by atoms with Crippen molar-refractivity contribution in [2.45, 2.75) is 6.92 Å². The van der Waals surface area contributed by atoms with Gasteiger partial charge in [-0.2, -0.15) is 5.10 Å². The van der Waals surface area contributed by atoms with Gasteiger partial charge < -0.3 is 4.57 Å². The Morgan fingerprint density at radius 2 is 1.75 bits per heavy atom. The van der Waals surface area contributed by atoms with E-state index < -0.39 is 0 Å². The quantitative estimate of drug-likeness (QED) is 0.369. The highest BCUT2D eigenvalue weighted by atomic mass is 32.1. The van der Waals surface area contributed by atoms with Crippen LogP contribution in [0.3, 0.4) is 0 Å². The lowest BCUT2D eigenvalue weighted by Gasteiger charge is -2.12. The Morgan fingerprint density at radius 3 is 2.46 bits per heavy atom. The van der Waals surface area contributed by atoms with E-state index in [2.05, 4.69) is 46.3 Å². The molecule has 2 heterocycles. The van der Waals surface area contributed by atoms with E-state index in [1.165, 1.54) is 0 Å². The molecule has 138 valence electrons. The van der Waals surface area contributed by atoms with Crippen LogP contribution in [0.4, 0.5) is 0 Å². The second kappa shape index (κ2) is 8.06. The highest BCUT2D eigenvalue weighted by Crippen LogP contribution is 2.26. The SMILES string of the molecule is Cc1ccc(-c2ccccc2)n1-c1ccc(C(=O)N/N=C/c2cccs2)cc1. The minimum Gasteiger partial charge on any atom is -0.314 e. The summed E-state index contributed by atoms with van der Waals surface area (Å²) in [5.74, 6) is -0.230. The molecule has 0 bridgehead atoms. The van der Waals surface area contributed by atoms with Crippen molar-refractivity contribution in [1.29, 1.82) is 0 Å². The van der Waals surface area contributed by atoms with E-state index in [-0.39, 0.29) is 5.91 Å². The number of hydrazone groups is 1. The second-order valence-corrected chi connectivity index (χ2v) is 7.30. The molecular formula is C23H19N3OS. The number of hydrogen-bond acceptors (Lipinski definition) is 3. The van der Waals surface area contributed by atoms with Crippen LogP contribution in [0, 0.1) is 6.92 Å². The molecule has 4 nitrogen and oxygen atoms in total. The molecule has 0 fully saturated rings. The number of thiophene rings is 1. The van der Waals surface area contributed by atoms with E-state index in [1.54, 1.807) is 17.6 Å². The predicted molar refractivity (Wildman–Crippen MR) is 115 cm³/mol. The average molecular weight is 385 g/mol. The highest BCUT2D eigenvalue weighted by Gasteiger charge is 2.10. The first kappa shape index (κ1) is 17.9. The maximum Gasteiger partial charge on any atom is 0.271 e. The molecule has 0 saturated heterocycles. The molecule has 0 spiro atoms. The maximum absolute atomic E-state index is 12.3. The Balaban J connectivity index is 1.54. The molecular weight excluding hydrogens is 366 g/mol. The summed E-state index contributed by atoms with van der Waals surface area (Å²) < 4.78 is 2.19. The lowest BCUT2D eigenvalue weighted by atomic mass is 10.1. The lowest BCUT2D eigenvalue weighted by molar-refractivity contribution is 0.0955. The Morgan fingerprint density at radius 1 is 0.964 bits per heavy atom.